The summed E-state index contributed by atoms with van der Waals surface area (Å²) in [6, 6.07) is 6.31. The largest absolute Gasteiger partial charge is 0.494 e. The van der Waals surface area contributed by atoms with Crippen molar-refractivity contribution >= 4 is 17.0 Å². The summed E-state index contributed by atoms with van der Waals surface area (Å²) >= 11 is 0. The van der Waals surface area contributed by atoms with Crippen LogP contribution in [0.1, 0.15) is 46.1 Å². The average molecular weight is 275 g/mol. The molecule has 20 heavy (non-hydrogen) atoms. The van der Waals surface area contributed by atoms with Gasteiger partial charge in [-0.2, -0.15) is 0 Å². The summed E-state index contributed by atoms with van der Waals surface area (Å²) < 4.78 is 7.48. The van der Waals surface area contributed by atoms with Gasteiger partial charge in [0.25, 0.3) is 0 Å². The molecule has 2 N–H and O–H groups in total. The van der Waals surface area contributed by atoms with E-state index in [-0.39, 0.29) is 0 Å². The number of nitrogens with two attached hydrogens (primary N) is 1. The number of methoxy groups -OCH3 is 1. The number of benzene rings is 1. The molecule has 2 rings (SSSR count). The summed E-state index contributed by atoms with van der Waals surface area (Å²) in [6.07, 6.45) is 3.58. The molecule has 4 heteroatoms. The Bertz CT molecular complexity index is 574. The van der Waals surface area contributed by atoms with E-state index >= 15 is 0 Å². The van der Waals surface area contributed by atoms with Crippen molar-refractivity contribution in [1.29, 1.82) is 0 Å². The number of nitrogens with zero attached hydrogens (tertiary/aromatic N) is 2. The average Bonchev–Trinajstić information content (AvgIpc) is 2.73. The number of anilines is 1. The molecule has 0 aliphatic rings. The van der Waals surface area contributed by atoms with Crippen molar-refractivity contribution in [2.24, 2.45) is 5.92 Å². The fraction of sp³-hybridized carbons (Fsp3) is 0.562. The topological polar surface area (TPSA) is 53.1 Å². The first-order valence-corrected chi connectivity index (χ1v) is 7.35. The molecule has 0 spiro atoms. The second-order valence-electron chi connectivity index (χ2n) is 5.84. The summed E-state index contributed by atoms with van der Waals surface area (Å²) in [5.74, 6) is 2.10. The molecular formula is C16H25N3O. The maximum absolute atomic E-state index is 6.11. The Labute approximate surface area is 120 Å². The van der Waals surface area contributed by atoms with Gasteiger partial charge in [-0.1, -0.05) is 32.8 Å². The molecule has 1 aromatic carbocycles. The van der Waals surface area contributed by atoms with Crippen LogP contribution >= 0.6 is 0 Å². The number of imidazole rings is 1. The molecule has 0 saturated carbocycles. The van der Waals surface area contributed by atoms with Gasteiger partial charge >= 0.3 is 0 Å². The molecule has 1 heterocycles. The lowest BCUT2D eigenvalue weighted by molar-refractivity contribution is 0.419. The van der Waals surface area contributed by atoms with Crippen LogP contribution in [-0.2, 0) is 0 Å². The van der Waals surface area contributed by atoms with Crippen LogP contribution in [0.3, 0.4) is 0 Å². The number of hydrogen-bond acceptors (Lipinski definition) is 3. The minimum absolute atomic E-state index is 0.353. The van der Waals surface area contributed by atoms with Crippen LogP contribution in [-0.4, -0.2) is 16.7 Å². The molecule has 0 fully saturated rings. The van der Waals surface area contributed by atoms with Gasteiger partial charge in [-0.25, -0.2) is 4.98 Å². The zero-order chi connectivity index (χ0) is 14.7. The van der Waals surface area contributed by atoms with Crippen molar-refractivity contribution < 1.29 is 4.74 Å². The van der Waals surface area contributed by atoms with E-state index in [2.05, 4.69) is 36.4 Å². The van der Waals surface area contributed by atoms with Crippen molar-refractivity contribution in [3.63, 3.8) is 0 Å². The Balaban J connectivity index is 2.27. The van der Waals surface area contributed by atoms with Crippen LogP contribution < -0.4 is 10.5 Å². The van der Waals surface area contributed by atoms with Gasteiger partial charge in [-0.3, -0.25) is 0 Å². The lowest BCUT2D eigenvalue weighted by atomic mass is 10.0. The van der Waals surface area contributed by atoms with Crippen molar-refractivity contribution in [1.82, 2.24) is 9.55 Å². The summed E-state index contributed by atoms with van der Waals surface area (Å²) in [6.45, 7) is 6.73. The van der Waals surface area contributed by atoms with Crippen molar-refractivity contribution in [3.05, 3.63) is 18.2 Å². The number of hydrogen-bond donors (Lipinski definition) is 1. The highest BCUT2D eigenvalue weighted by Gasteiger charge is 2.16. The molecule has 1 aromatic heterocycles. The first-order valence-electron chi connectivity index (χ1n) is 7.35. The van der Waals surface area contributed by atoms with Crippen molar-refractivity contribution in [2.45, 2.75) is 46.1 Å². The van der Waals surface area contributed by atoms with Crippen LogP contribution in [0.5, 0.6) is 5.75 Å². The predicted octanol–water partition coefficient (Wildman–Crippen LogP) is 4.01. The van der Waals surface area contributed by atoms with Gasteiger partial charge < -0.3 is 15.0 Å². The lowest BCUT2D eigenvalue weighted by Gasteiger charge is -2.16. The zero-order valence-electron chi connectivity index (χ0n) is 12.9. The van der Waals surface area contributed by atoms with E-state index in [1.165, 1.54) is 12.8 Å². The van der Waals surface area contributed by atoms with E-state index in [0.717, 1.165) is 29.1 Å². The van der Waals surface area contributed by atoms with E-state index < -0.39 is 0 Å². The number of rotatable bonds is 6. The van der Waals surface area contributed by atoms with Gasteiger partial charge in [0.05, 0.1) is 12.6 Å². The van der Waals surface area contributed by atoms with E-state index in [1.54, 1.807) is 7.11 Å². The summed E-state index contributed by atoms with van der Waals surface area (Å²) in [4.78, 5) is 4.46. The Morgan fingerprint density at radius 1 is 1.25 bits per heavy atom. The smallest absolute Gasteiger partial charge is 0.201 e. The summed E-state index contributed by atoms with van der Waals surface area (Å²) in [7, 11) is 1.66. The van der Waals surface area contributed by atoms with E-state index in [4.69, 9.17) is 10.5 Å². The molecule has 0 amide bonds. The second-order valence-corrected chi connectivity index (χ2v) is 5.84. The number of aromatic nitrogens is 2. The molecule has 0 aliphatic heterocycles. The Hall–Kier alpha value is -1.71. The third-order valence-corrected chi connectivity index (χ3v) is 3.77. The predicted molar refractivity (Wildman–Crippen MR) is 84.1 cm³/mol. The number of ether oxygens (including phenoxy) is 1. The SMILES string of the molecule is COc1cccc2c1nc(N)n2C(C)CCCC(C)C. The van der Waals surface area contributed by atoms with Gasteiger partial charge in [0.2, 0.25) is 5.95 Å². The fourth-order valence-electron chi connectivity index (χ4n) is 2.69. The molecule has 0 saturated heterocycles. The van der Waals surface area contributed by atoms with Crippen LogP contribution in [0.4, 0.5) is 5.95 Å². The first-order chi connectivity index (χ1) is 9.54. The van der Waals surface area contributed by atoms with Crippen molar-refractivity contribution in [3.8, 4) is 5.75 Å². The van der Waals surface area contributed by atoms with E-state index in [1.807, 2.05) is 12.1 Å². The number of nitrogen functional groups attached to an aromatic ring is 1. The third kappa shape index (κ3) is 2.89. The molecule has 0 aliphatic carbocycles. The minimum atomic E-state index is 0.353. The second kappa shape index (κ2) is 6.16. The zero-order valence-corrected chi connectivity index (χ0v) is 12.9. The highest BCUT2D eigenvalue weighted by atomic mass is 16.5. The van der Waals surface area contributed by atoms with Crippen LogP contribution in [0.2, 0.25) is 0 Å². The van der Waals surface area contributed by atoms with Crippen LogP contribution in [0.25, 0.3) is 11.0 Å². The molecular weight excluding hydrogens is 250 g/mol. The maximum Gasteiger partial charge on any atom is 0.201 e. The fourth-order valence-corrected chi connectivity index (χ4v) is 2.69. The van der Waals surface area contributed by atoms with Crippen molar-refractivity contribution in [2.75, 3.05) is 12.8 Å². The monoisotopic (exact) mass is 275 g/mol. The van der Waals surface area contributed by atoms with Crippen LogP contribution in [0.15, 0.2) is 18.2 Å². The highest BCUT2D eigenvalue weighted by Crippen LogP contribution is 2.31. The van der Waals surface area contributed by atoms with Gasteiger partial charge in [-0.05, 0) is 31.4 Å². The van der Waals surface area contributed by atoms with E-state index in [9.17, 15) is 0 Å². The molecule has 0 bridgehead atoms. The Morgan fingerprint density at radius 2 is 2.00 bits per heavy atom. The lowest BCUT2D eigenvalue weighted by Crippen LogP contribution is -2.09. The highest BCUT2D eigenvalue weighted by molar-refractivity contribution is 5.84. The Morgan fingerprint density at radius 3 is 2.65 bits per heavy atom. The van der Waals surface area contributed by atoms with Gasteiger partial charge in [0.1, 0.15) is 11.3 Å². The van der Waals surface area contributed by atoms with Crippen LogP contribution in [0, 0.1) is 5.92 Å². The molecule has 0 radical (unpaired) electrons. The van der Waals surface area contributed by atoms with Gasteiger partial charge in [0.15, 0.2) is 0 Å². The maximum atomic E-state index is 6.11. The molecule has 2 aromatic rings. The third-order valence-electron chi connectivity index (χ3n) is 3.77. The molecule has 1 unspecified atom stereocenters. The molecule has 4 nitrogen and oxygen atoms in total. The normalized spacial score (nSPS) is 13.1. The summed E-state index contributed by atoms with van der Waals surface area (Å²) in [5, 5.41) is 0. The molecule has 1 atom stereocenters. The standard InChI is InChI=1S/C16H25N3O/c1-11(2)7-5-8-12(3)19-13-9-6-10-14(20-4)15(13)18-16(19)17/h6,9-12H,5,7-8H2,1-4H3,(H2,17,18). The number of fused-ring (bicyclic) bond motifs is 1. The van der Waals surface area contributed by atoms with Gasteiger partial charge in [0, 0.05) is 6.04 Å². The minimum Gasteiger partial charge on any atom is -0.494 e. The first kappa shape index (κ1) is 14.7. The Kier molecular flexibility index (Phi) is 4.53. The molecule has 110 valence electrons. The quantitative estimate of drug-likeness (QED) is 0.866. The number of para-hydroxylation sites is 1. The van der Waals surface area contributed by atoms with E-state index in [0.29, 0.717) is 12.0 Å². The van der Waals surface area contributed by atoms with Gasteiger partial charge in [-0.15, -0.1) is 0 Å². The summed E-state index contributed by atoms with van der Waals surface area (Å²) in [5.41, 5.74) is 8.01.